The molecule has 216 valence electrons. The number of hydrogen-bond donors (Lipinski definition) is 1. The number of aliphatic imine (C=N–C) groups is 1. The first kappa shape index (κ1) is 26.8. The molecule has 4 aliphatic rings. The number of piperidine rings is 1. The zero-order valence-electron chi connectivity index (χ0n) is 24.2. The number of benzene rings is 1. The third-order valence-corrected chi connectivity index (χ3v) is 10.5. The van der Waals surface area contributed by atoms with Gasteiger partial charge < -0.3 is 24.8 Å². The van der Waals surface area contributed by atoms with Gasteiger partial charge in [-0.2, -0.15) is 0 Å². The number of aromatic nitrogens is 2. The Hall–Kier alpha value is -3.08. The SMILES string of the molecule is C[C@@H]1COCCN1C(=O)[C@H]1CCc2c(sc3ncnc(Nc4cc5c(cc4N4CCC(N(C)C)CC4)CN=C5)c23)C1. The molecule has 41 heavy (non-hydrogen) atoms. The standard InChI is InChI=1S/C31H39N7O2S/c1-19-17-40-11-10-38(19)31(39)20-4-5-24-27(14-20)41-30-28(24)29(33-18-34-30)35-25-12-21-15-32-16-22(21)13-26(25)37-8-6-23(7-9-37)36(2)3/h12-13,15,18-20,23H,4-11,14,16-17H2,1-3H3,(H,33,34,35)/t19-,20+/m1/s1. The summed E-state index contributed by atoms with van der Waals surface area (Å²) in [5, 5.41) is 4.87. The Morgan fingerprint density at radius 1 is 1.15 bits per heavy atom. The van der Waals surface area contributed by atoms with Crippen molar-refractivity contribution in [3.05, 3.63) is 40.0 Å². The van der Waals surface area contributed by atoms with Gasteiger partial charge in [0.2, 0.25) is 5.91 Å². The Morgan fingerprint density at radius 3 is 2.80 bits per heavy atom. The van der Waals surface area contributed by atoms with Crippen molar-refractivity contribution in [2.45, 2.75) is 57.7 Å². The van der Waals surface area contributed by atoms with Gasteiger partial charge in [-0.15, -0.1) is 11.3 Å². The molecule has 0 spiro atoms. The summed E-state index contributed by atoms with van der Waals surface area (Å²) in [6.07, 6.45) is 8.46. The minimum Gasteiger partial charge on any atom is -0.377 e. The number of amides is 1. The lowest BCUT2D eigenvalue weighted by molar-refractivity contribution is -0.143. The van der Waals surface area contributed by atoms with Crippen LogP contribution in [0, 0.1) is 5.92 Å². The number of morpholine rings is 1. The molecule has 7 rings (SSSR count). The van der Waals surface area contributed by atoms with Crippen LogP contribution in [0.2, 0.25) is 0 Å². The van der Waals surface area contributed by atoms with Crippen LogP contribution in [0.4, 0.5) is 17.2 Å². The zero-order chi connectivity index (χ0) is 28.1. The molecule has 2 aromatic heterocycles. The molecule has 1 N–H and O–H groups in total. The van der Waals surface area contributed by atoms with E-state index in [1.54, 1.807) is 17.7 Å². The Kier molecular flexibility index (Phi) is 7.16. The molecular formula is C31H39N7O2S. The van der Waals surface area contributed by atoms with E-state index in [0.29, 0.717) is 25.8 Å². The minimum atomic E-state index is 0.0215. The van der Waals surface area contributed by atoms with Crippen LogP contribution >= 0.6 is 11.3 Å². The maximum atomic E-state index is 13.5. The number of aryl methyl sites for hydroxylation is 1. The highest BCUT2D eigenvalue weighted by molar-refractivity contribution is 7.19. The fourth-order valence-corrected chi connectivity index (χ4v) is 8.23. The quantitative estimate of drug-likeness (QED) is 0.489. The van der Waals surface area contributed by atoms with E-state index in [-0.39, 0.29) is 17.9 Å². The van der Waals surface area contributed by atoms with E-state index in [2.05, 4.69) is 58.2 Å². The van der Waals surface area contributed by atoms with E-state index in [9.17, 15) is 4.79 Å². The highest BCUT2D eigenvalue weighted by Crippen LogP contribution is 2.42. The van der Waals surface area contributed by atoms with Gasteiger partial charge in [-0.25, -0.2) is 9.97 Å². The largest absolute Gasteiger partial charge is 0.377 e. The van der Waals surface area contributed by atoms with Crippen LogP contribution in [0.25, 0.3) is 10.2 Å². The van der Waals surface area contributed by atoms with E-state index in [1.165, 1.54) is 27.3 Å². The Bertz CT molecular complexity index is 1490. The number of carbonyl (C=O) groups excluding carboxylic acids is 1. The van der Waals surface area contributed by atoms with Crippen LogP contribution in [0.5, 0.6) is 0 Å². The number of anilines is 3. The van der Waals surface area contributed by atoms with Gasteiger partial charge in [-0.3, -0.25) is 9.79 Å². The summed E-state index contributed by atoms with van der Waals surface area (Å²) in [4.78, 5) is 36.6. The van der Waals surface area contributed by atoms with Gasteiger partial charge in [-0.05, 0) is 81.9 Å². The predicted octanol–water partition coefficient (Wildman–Crippen LogP) is 4.25. The molecule has 0 saturated carbocycles. The fraction of sp³-hybridized carbons (Fsp3) is 0.548. The number of nitrogens with one attached hydrogen (secondary N) is 1. The lowest BCUT2D eigenvalue weighted by Gasteiger charge is -2.37. The highest BCUT2D eigenvalue weighted by atomic mass is 32.1. The molecule has 0 bridgehead atoms. The molecule has 9 nitrogen and oxygen atoms in total. The predicted molar refractivity (Wildman–Crippen MR) is 165 cm³/mol. The van der Waals surface area contributed by atoms with E-state index in [1.807, 2.05) is 11.1 Å². The second-order valence-corrected chi connectivity index (χ2v) is 13.2. The molecule has 3 aromatic rings. The lowest BCUT2D eigenvalue weighted by atomic mass is 9.86. The normalized spacial score (nSPS) is 22.8. The first-order valence-corrected chi connectivity index (χ1v) is 15.8. The molecule has 2 fully saturated rings. The maximum absolute atomic E-state index is 13.5. The number of rotatable bonds is 5. The topological polar surface area (TPSA) is 86.2 Å². The van der Waals surface area contributed by atoms with E-state index < -0.39 is 0 Å². The van der Waals surface area contributed by atoms with Crippen LogP contribution in [0.15, 0.2) is 23.5 Å². The van der Waals surface area contributed by atoms with Crippen LogP contribution in [-0.2, 0) is 28.9 Å². The molecule has 2 saturated heterocycles. The average molecular weight is 574 g/mol. The zero-order valence-corrected chi connectivity index (χ0v) is 25.0. The fourth-order valence-electron chi connectivity index (χ4n) is 6.97. The minimum absolute atomic E-state index is 0.0215. The highest BCUT2D eigenvalue weighted by Gasteiger charge is 2.34. The molecule has 5 heterocycles. The van der Waals surface area contributed by atoms with Gasteiger partial charge in [0.05, 0.1) is 42.6 Å². The van der Waals surface area contributed by atoms with Gasteiger partial charge in [0, 0.05) is 42.7 Å². The molecule has 1 amide bonds. The molecular weight excluding hydrogens is 534 g/mol. The van der Waals surface area contributed by atoms with Crippen LogP contribution in [0.3, 0.4) is 0 Å². The van der Waals surface area contributed by atoms with Crippen molar-refractivity contribution in [2.75, 3.05) is 57.2 Å². The number of nitrogens with zero attached hydrogens (tertiary/aromatic N) is 6. The maximum Gasteiger partial charge on any atom is 0.226 e. The third-order valence-electron chi connectivity index (χ3n) is 9.38. The number of fused-ring (bicyclic) bond motifs is 4. The van der Waals surface area contributed by atoms with Crippen LogP contribution < -0.4 is 10.2 Å². The van der Waals surface area contributed by atoms with E-state index >= 15 is 0 Å². The van der Waals surface area contributed by atoms with E-state index in [4.69, 9.17) is 9.72 Å². The van der Waals surface area contributed by atoms with Gasteiger partial charge in [0.1, 0.15) is 17.0 Å². The summed E-state index contributed by atoms with van der Waals surface area (Å²) < 4.78 is 5.57. The molecule has 1 aliphatic carbocycles. The Morgan fingerprint density at radius 2 is 2.00 bits per heavy atom. The first-order valence-electron chi connectivity index (χ1n) is 14.9. The summed E-state index contributed by atoms with van der Waals surface area (Å²) >= 11 is 1.73. The Balaban J connectivity index is 1.18. The van der Waals surface area contributed by atoms with Crippen molar-refractivity contribution >= 4 is 50.9 Å². The lowest BCUT2D eigenvalue weighted by Crippen LogP contribution is -2.50. The summed E-state index contributed by atoms with van der Waals surface area (Å²) in [5.74, 6) is 1.15. The number of hydrogen-bond acceptors (Lipinski definition) is 9. The molecule has 10 heteroatoms. The smallest absolute Gasteiger partial charge is 0.226 e. The molecule has 0 unspecified atom stereocenters. The van der Waals surface area contributed by atoms with E-state index in [0.717, 1.165) is 73.5 Å². The monoisotopic (exact) mass is 573 g/mol. The second-order valence-electron chi connectivity index (χ2n) is 12.1. The van der Waals surface area contributed by atoms with Gasteiger partial charge in [-0.1, -0.05) is 0 Å². The van der Waals surface area contributed by atoms with Crippen molar-refractivity contribution in [1.29, 1.82) is 0 Å². The van der Waals surface area contributed by atoms with Crippen molar-refractivity contribution in [3.8, 4) is 0 Å². The van der Waals surface area contributed by atoms with Crippen LogP contribution in [0.1, 0.15) is 47.8 Å². The van der Waals surface area contributed by atoms with Gasteiger partial charge in [0.15, 0.2) is 0 Å². The average Bonchev–Trinajstić information content (AvgIpc) is 3.60. The third kappa shape index (κ3) is 5.00. The number of ether oxygens (including phenoxy) is 1. The molecule has 3 aliphatic heterocycles. The summed E-state index contributed by atoms with van der Waals surface area (Å²) in [6, 6.07) is 5.33. The van der Waals surface area contributed by atoms with Crippen molar-refractivity contribution < 1.29 is 9.53 Å². The Labute approximate surface area is 245 Å². The number of thiophene rings is 1. The number of carbonyl (C=O) groups is 1. The van der Waals surface area contributed by atoms with Crippen molar-refractivity contribution in [3.63, 3.8) is 0 Å². The molecule has 2 atom stereocenters. The van der Waals surface area contributed by atoms with Crippen molar-refractivity contribution in [1.82, 2.24) is 19.8 Å². The van der Waals surface area contributed by atoms with Gasteiger partial charge in [0.25, 0.3) is 0 Å². The first-order chi connectivity index (χ1) is 20.0. The molecule has 1 aromatic carbocycles. The summed E-state index contributed by atoms with van der Waals surface area (Å²) in [7, 11) is 4.37. The van der Waals surface area contributed by atoms with Crippen LogP contribution in [-0.4, -0.2) is 90.9 Å². The summed E-state index contributed by atoms with van der Waals surface area (Å²) in [6.45, 7) is 6.84. The summed E-state index contributed by atoms with van der Waals surface area (Å²) in [5.41, 5.74) is 6.07. The van der Waals surface area contributed by atoms with Crippen molar-refractivity contribution in [2.24, 2.45) is 10.9 Å². The molecule has 0 radical (unpaired) electrons. The van der Waals surface area contributed by atoms with Gasteiger partial charge >= 0.3 is 0 Å². The second kappa shape index (κ2) is 11.0.